The van der Waals surface area contributed by atoms with Crippen LogP contribution in [0.2, 0.25) is 0 Å². The number of para-hydroxylation sites is 5. The number of hydrogen-bond donors (Lipinski definition) is 0. The van der Waals surface area contributed by atoms with Crippen molar-refractivity contribution in [3.63, 3.8) is 0 Å². The lowest BCUT2D eigenvalue weighted by molar-refractivity contribution is 1.02. The topological polar surface area (TPSA) is 66.3 Å². The van der Waals surface area contributed by atoms with Crippen LogP contribution in [0.15, 0.2) is 370 Å². The Morgan fingerprint density at radius 1 is 0.217 bits per heavy atom. The number of thiophene rings is 4. The van der Waals surface area contributed by atoms with Gasteiger partial charge in [-0.2, -0.15) is 0 Å². The van der Waals surface area contributed by atoms with E-state index >= 15 is 0 Å². The Hall–Kier alpha value is -14.0. The van der Waals surface area contributed by atoms with Crippen molar-refractivity contribution in [3.8, 4) is 51.1 Å². The summed E-state index contributed by atoms with van der Waals surface area (Å²) >= 11 is 7.36. The molecule has 17 aromatic carbocycles. The summed E-state index contributed by atoms with van der Waals surface area (Å²) in [4.78, 5) is 21.0. The molecule has 536 valence electrons. The zero-order valence-corrected chi connectivity index (χ0v) is 64.7. The molecule has 0 aliphatic heterocycles. The second-order valence-electron chi connectivity index (χ2n) is 29.4. The molecule has 0 N–H and O–H groups in total. The zero-order valence-electron chi connectivity index (χ0n) is 61.5. The molecule has 26 aromatic rings. The van der Waals surface area contributed by atoms with Crippen molar-refractivity contribution in [1.82, 2.24) is 33.6 Å². The Balaban J connectivity index is 0.0000000995. The van der Waals surface area contributed by atoms with Crippen LogP contribution in [-0.2, 0) is 0 Å². The molecular weight excluding hydrogens is 1480 g/mol. The predicted octanol–water partition coefficient (Wildman–Crippen LogP) is 29.9. The fraction of sp³-hybridized carbons (Fsp3) is 0. The van der Waals surface area contributed by atoms with Crippen molar-refractivity contribution < 1.29 is 0 Å². The van der Waals surface area contributed by atoms with E-state index in [-0.39, 0.29) is 0 Å². The number of benzene rings is 17. The molecule has 0 amide bonds. The molecule has 0 aliphatic carbocycles. The second-order valence-corrected chi connectivity index (χ2v) is 33.7. The maximum absolute atomic E-state index is 5.30. The molecule has 11 heteroatoms. The molecule has 0 saturated carbocycles. The maximum atomic E-state index is 5.30. The van der Waals surface area contributed by atoms with Gasteiger partial charge in [0.15, 0.2) is 5.82 Å². The van der Waals surface area contributed by atoms with E-state index in [0.29, 0.717) is 5.95 Å². The number of aromatic nitrogens is 7. The summed E-state index contributed by atoms with van der Waals surface area (Å²) < 4.78 is 17.3. The fourth-order valence-corrected chi connectivity index (χ4v) is 22.5. The van der Waals surface area contributed by atoms with Gasteiger partial charge in [0.05, 0.1) is 60.0 Å². The smallest absolute Gasteiger partial charge is 0.235 e. The molecule has 0 unspecified atom stereocenters. The molecule has 0 saturated heterocycles. The minimum atomic E-state index is 0.704. The highest BCUT2D eigenvalue weighted by Gasteiger charge is 2.26. The molecule has 0 aliphatic rings. The van der Waals surface area contributed by atoms with E-state index in [2.05, 4.69) is 353 Å². The SMILES string of the molecule is c1ccc(-c2cc(-n3c4ccccc4c4c5c(ccc43)sc3ccccc35)cc3c2ccc2ccccc23)cc1.c1ccc(-c2nc(-n3c4ccccc4c4c5c(ccc43)sc3ccccc35)nc3c2sc2ccccc23)cc1.c1ccc(-c2nc3ccccc3nc2-n2c3ccccc3c3c4c(ccc32)sc2ccccc24)cc1. The molecule has 9 heterocycles. The highest BCUT2D eigenvalue weighted by atomic mass is 32.1. The molecule has 0 fully saturated rings. The van der Waals surface area contributed by atoms with Crippen LogP contribution >= 0.6 is 45.3 Å². The van der Waals surface area contributed by atoms with E-state index in [4.69, 9.17) is 19.9 Å². The third kappa shape index (κ3) is 10.3. The molecule has 115 heavy (non-hydrogen) atoms. The van der Waals surface area contributed by atoms with Gasteiger partial charge in [-0.25, -0.2) is 19.9 Å². The van der Waals surface area contributed by atoms with E-state index in [1.807, 2.05) is 64.3 Å². The molecule has 0 atom stereocenters. The van der Waals surface area contributed by atoms with Gasteiger partial charge < -0.3 is 4.57 Å². The molecular formula is C104H61N7S4. The molecule has 0 spiro atoms. The van der Waals surface area contributed by atoms with Crippen LogP contribution < -0.4 is 0 Å². The van der Waals surface area contributed by atoms with E-state index in [0.717, 1.165) is 71.6 Å². The highest BCUT2D eigenvalue weighted by Crippen LogP contribution is 2.50. The first kappa shape index (κ1) is 65.7. The number of nitrogens with zero attached hydrogens (tertiary/aromatic N) is 7. The summed E-state index contributed by atoms with van der Waals surface area (Å²) in [5.74, 6) is 1.56. The average molecular weight is 1540 g/mol. The summed E-state index contributed by atoms with van der Waals surface area (Å²) in [6, 6.07) is 132. The molecule has 0 radical (unpaired) electrons. The normalized spacial score (nSPS) is 12.0. The number of fused-ring (bicyclic) bond motifs is 28. The number of rotatable bonds is 6. The zero-order chi connectivity index (χ0) is 75.3. The van der Waals surface area contributed by atoms with Crippen molar-refractivity contribution in [2.45, 2.75) is 0 Å². The summed E-state index contributed by atoms with van der Waals surface area (Å²) in [6.45, 7) is 0. The largest absolute Gasteiger partial charge is 0.309 e. The van der Waals surface area contributed by atoms with Crippen LogP contribution in [0.25, 0.3) is 230 Å². The Morgan fingerprint density at radius 3 is 1.17 bits per heavy atom. The predicted molar refractivity (Wildman–Crippen MR) is 494 cm³/mol. The van der Waals surface area contributed by atoms with Gasteiger partial charge in [-0.15, -0.1) is 45.3 Å². The van der Waals surface area contributed by atoms with Crippen molar-refractivity contribution in [2.24, 2.45) is 0 Å². The van der Waals surface area contributed by atoms with Crippen LogP contribution in [0.3, 0.4) is 0 Å². The molecule has 0 bridgehead atoms. The van der Waals surface area contributed by atoms with Crippen LogP contribution in [-0.4, -0.2) is 33.6 Å². The second kappa shape index (κ2) is 26.3. The van der Waals surface area contributed by atoms with Crippen LogP contribution in [0, 0.1) is 0 Å². The lowest BCUT2D eigenvalue weighted by Crippen LogP contribution is -2.03. The Kier molecular flexibility index (Phi) is 15.0. The summed E-state index contributed by atoms with van der Waals surface area (Å²) in [5, 5.41) is 21.8. The van der Waals surface area contributed by atoms with E-state index in [1.54, 1.807) is 11.3 Å². The van der Waals surface area contributed by atoms with Gasteiger partial charge >= 0.3 is 0 Å². The van der Waals surface area contributed by atoms with Crippen LogP contribution in [0.4, 0.5) is 0 Å². The van der Waals surface area contributed by atoms with Crippen molar-refractivity contribution >= 4 is 224 Å². The first-order valence-electron chi connectivity index (χ1n) is 38.7. The van der Waals surface area contributed by atoms with E-state index < -0.39 is 0 Å². The monoisotopic (exact) mass is 1540 g/mol. The van der Waals surface area contributed by atoms with E-state index in [1.165, 1.54) is 152 Å². The Bertz CT molecular complexity index is 8500. The van der Waals surface area contributed by atoms with Crippen LogP contribution in [0.5, 0.6) is 0 Å². The third-order valence-electron chi connectivity index (χ3n) is 23.0. The lowest BCUT2D eigenvalue weighted by atomic mass is 9.94. The summed E-state index contributed by atoms with van der Waals surface area (Å²) in [6.07, 6.45) is 0. The van der Waals surface area contributed by atoms with Gasteiger partial charge in [-0.3, -0.25) is 9.13 Å². The Labute approximate surface area is 673 Å². The van der Waals surface area contributed by atoms with Crippen molar-refractivity contribution in [1.29, 1.82) is 0 Å². The average Bonchev–Trinajstić information content (AvgIpc) is 1.59. The summed E-state index contributed by atoms with van der Waals surface area (Å²) in [7, 11) is 0. The van der Waals surface area contributed by atoms with Gasteiger partial charge in [0.25, 0.3) is 0 Å². The van der Waals surface area contributed by atoms with Gasteiger partial charge in [-0.05, 0) is 136 Å². The van der Waals surface area contributed by atoms with E-state index in [9.17, 15) is 0 Å². The van der Waals surface area contributed by atoms with Crippen molar-refractivity contribution in [3.05, 3.63) is 370 Å². The van der Waals surface area contributed by atoms with Crippen LogP contribution in [0.1, 0.15) is 0 Å². The minimum absolute atomic E-state index is 0.704. The summed E-state index contributed by atoms with van der Waals surface area (Å²) in [5.41, 5.74) is 17.5. The van der Waals surface area contributed by atoms with Gasteiger partial charge in [0.1, 0.15) is 5.69 Å². The van der Waals surface area contributed by atoms with Gasteiger partial charge in [-0.1, -0.05) is 267 Å². The lowest BCUT2D eigenvalue weighted by Gasteiger charge is -2.15. The maximum Gasteiger partial charge on any atom is 0.235 e. The van der Waals surface area contributed by atoms with Gasteiger partial charge in [0, 0.05) is 120 Å². The molecule has 7 nitrogen and oxygen atoms in total. The number of hydrogen-bond acceptors (Lipinski definition) is 8. The highest BCUT2D eigenvalue weighted by molar-refractivity contribution is 7.27. The quantitative estimate of drug-likeness (QED) is 0.156. The Morgan fingerprint density at radius 2 is 0.626 bits per heavy atom. The van der Waals surface area contributed by atoms with Crippen molar-refractivity contribution in [2.75, 3.05) is 0 Å². The minimum Gasteiger partial charge on any atom is -0.309 e. The molecule has 26 rings (SSSR count). The molecule has 9 aromatic heterocycles. The standard InChI is InChI=1S/C38H23NS.C34H19N3S2.C32H19N3S/c1-2-10-24(11-3-1)31-22-26(23-32-27-13-5-4-12-25(27)18-19-28(31)32)39-33-16-8-6-14-29(33)37-34(39)20-21-36-38(37)30-15-7-9-17-35(30)40-36;1-2-10-20(11-3-1)31-33-32(23-14-6-9-17-27(23)39-33)36-34(35-31)37-24-15-7-4-12-21(24)29-25(37)18-19-28-30(29)22-13-5-8-16-26(22)38-28;1-2-10-20(11-3-1)31-32(34-24-15-7-6-14-23(24)33-31)35-25-16-8-4-12-21(25)29-26(35)18-19-28-30(29)22-13-5-9-17-27(22)36-28/h1-23H;1-19H;1-19H. The first-order chi connectivity index (χ1) is 57.1. The fourth-order valence-electron chi connectivity index (χ4n) is 18.0. The first-order valence-corrected chi connectivity index (χ1v) is 41.9. The van der Waals surface area contributed by atoms with Gasteiger partial charge in [0.2, 0.25) is 5.95 Å². The third-order valence-corrected chi connectivity index (χ3v) is 27.6.